The lowest BCUT2D eigenvalue weighted by atomic mass is 10.3. The topological polar surface area (TPSA) is 96.7 Å². The van der Waals surface area contributed by atoms with E-state index in [1.54, 1.807) is 6.07 Å². The van der Waals surface area contributed by atoms with Crippen LogP contribution in [0.15, 0.2) is 0 Å². The summed E-state index contributed by atoms with van der Waals surface area (Å²) >= 11 is 0. The number of carbonyl (C=O) groups is 2. The predicted molar refractivity (Wildman–Crippen MR) is 63.3 cm³/mol. The van der Waals surface area contributed by atoms with Crippen molar-refractivity contribution in [3.63, 3.8) is 0 Å². The van der Waals surface area contributed by atoms with Gasteiger partial charge in [0.2, 0.25) is 0 Å². The molecule has 0 unspecified atom stereocenters. The number of nitrogens with zero attached hydrogens (tertiary/aromatic N) is 3. The minimum atomic E-state index is -0.729. The van der Waals surface area contributed by atoms with E-state index in [-0.39, 0.29) is 13.2 Å². The zero-order valence-corrected chi connectivity index (χ0v) is 10.3. The van der Waals surface area contributed by atoms with Gasteiger partial charge in [0.25, 0.3) is 0 Å². The Bertz CT molecular complexity index is 340. The average Bonchev–Trinajstić information content (AvgIpc) is 2.61. The van der Waals surface area contributed by atoms with Crippen LogP contribution in [0.5, 0.6) is 0 Å². The highest BCUT2D eigenvalue weighted by Crippen LogP contribution is 2.03. The summed E-state index contributed by atoms with van der Waals surface area (Å²) in [6, 6.07) is 1.75. The number of aliphatic hydroxyl groups excluding tert-OH is 1. The van der Waals surface area contributed by atoms with Crippen LogP contribution in [-0.2, 0) is 9.59 Å². The SMILES string of the molecule is N#CCNC(=O)C(=O)N1CCCN(CCO)CC1. The van der Waals surface area contributed by atoms with E-state index < -0.39 is 11.8 Å². The van der Waals surface area contributed by atoms with Crippen molar-refractivity contribution in [1.82, 2.24) is 15.1 Å². The van der Waals surface area contributed by atoms with Crippen LogP contribution >= 0.6 is 0 Å². The molecular weight excluding hydrogens is 236 g/mol. The Morgan fingerprint density at radius 2 is 2.06 bits per heavy atom. The Kier molecular flexibility index (Phi) is 6.11. The van der Waals surface area contributed by atoms with Crippen molar-refractivity contribution in [3.8, 4) is 6.07 Å². The van der Waals surface area contributed by atoms with Crippen LogP contribution < -0.4 is 5.32 Å². The first-order chi connectivity index (χ1) is 8.69. The first kappa shape index (κ1) is 14.4. The third-order valence-corrected chi connectivity index (χ3v) is 2.81. The van der Waals surface area contributed by atoms with Crippen molar-refractivity contribution in [1.29, 1.82) is 5.26 Å². The van der Waals surface area contributed by atoms with Gasteiger partial charge in [-0.2, -0.15) is 5.26 Å². The molecule has 0 aromatic rings. The summed E-state index contributed by atoms with van der Waals surface area (Å²) in [6.45, 7) is 2.98. The molecule has 100 valence electrons. The molecule has 7 heteroatoms. The summed E-state index contributed by atoms with van der Waals surface area (Å²) in [5.74, 6) is -1.32. The van der Waals surface area contributed by atoms with Gasteiger partial charge < -0.3 is 15.3 Å². The largest absolute Gasteiger partial charge is 0.395 e. The van der Waals surface area contributed by atoms with Gasteiger partial charge in [0.1, 0.15) is 6.54 Å². The van der Waals surface area contributed by atoms with E-state index in [1.165, 1.54) is 4.90 Å². The summed E-state index contributed by atoms with van der Waals surface area (Å²) in [5, 5.41) is 19.4. The lowest BCUT2D eigenvalue weighted by Crippen LogP contribution is -2.44. The zero-order chi connectivity index (χ0) is 13.4. The molecule has 0 aromatic carbocycles. The minimum absolute atomic E-state index is 0.0939. The van der Waals surface area contributed by atoms with E-state index in [0.717, 1.165) is 13.0 Å². The first-order valence-electron chi connectivity index (χ1n) is 5.96. The van der Waals surface area contributed by atoms with Crippen molar-refractivity contribution in [3.05, 3.63) is 0 Å². The van der Waals surface area contributed by atoms with Gasteiger partial charge in [0.15, 0.2) is 0 Å². The van der Waals surface area contributed by atoms with E-state index in [0.29, 0.717) is 26.2 Å². The number of hydrogen-bond acceptors (Lipinski definition) is 5. The van der Waals surface area contributed by atoms with Gasteiger partial charge in [-0.15, -0.1) is 0 Å². The quantitative estimate of drug-likeness (QED) is 0.455. The van der Waals surface area contributed by atoms with Gasteiger partial charge in [-0.05, 0) is 13.0 Å². The zero-order valence-electron chi connectivity index (χ0n) is 10.3. The van der Waals surface area contributed by atoms with Crippen LogP contribution in [0.4, 0.5) is 0 Å². The third-order valence-electron chi connectivity index (χ3n) is 2.81. The Balaban J connectivity index is 2.44. The second kappa shape index (κ2) is 7.63. The molecule has 2 N–H and O–H groups in total. The van der Waals surface area contributed by atoms with Gasteiger partial charge in [-0.1, -0.05) is 0 Å². The number of rotatable bonds is 3. The molecule has 0 spiro atoms. The molecular formula is C11H18N4O3. The second-order valence-corrected chi connectivity index (χ2v) is 4.05. The van der Waals surface area contributed by atoms with Gasteiger partial charge in [-0.3, -0.25) is 14.5 Å². The van der Waals surface area contributed by atoms with Crippen LogP contribution in [-0.4, -0.2) is 72.6 Å². The molecule has 1 aliphatic heterocycles. The maximum atomic E-state index is 11.8. The van der Waals surface area contributed by atoms with Gasteiger partial charge in [-0.25, -0.2) is 0 Å². The van der Waals surface area contributed by atoms with Gasteiger partial charge >= 0.3 is 11.8 Å². The summed E-state index contributed by atoms with van der Waals surface area (Å²) in [7, 11) is 0. The maximum Gasteiger partial charge on any atom is 0.311 e. The fraction of sp³-hybridized carbons (Fsp3) is 0.727. The third kappa shape index (κ3) is 4.31. The molecule has 1 aliphatic rings. The molecule has 0 bridgehead atoms. The number of β-amino-alcohol motifs (C(OH)–C–C–N with tert-alkyl or cyclic N) is 1. The highest BCUT2D eigenvalue weighted by molar-refractivity contribution is 6.35. The molecule has 2 amide bonds. The summed E-state index contributed by atoms with van der Waals surface area (Å²) in [4.78, 5) is 26.7. The van der Waals surface area contributed by atoms with Crippen molar-refractivity contribution in [2.75, 3.05) is 45.9 Å². The molecule has 0 radical (unpaired) electrons. The van der Waals surface area contributed by atoms with Crippen LogP contribution in [0.3, 0.4) is 0 Å². The van der Waals surface area contributed by atoms with E-state index in [9.17, 15) is 9.59 Å². The Morgan fingerprint density at radius 1 is 1.28 bits per heavy atom. The lowest BCUT2D eigenvalue weighted by Gasteiger charge is -2.20. The monoisotopic (exact) mass is 254 g/mol. The molecule has 1 fully saturated rings. The summed E-state index contributed by atoms with van der Waals surface area (Å²) in [5.41, 5.74) is 0. The number of nitriles is 1. The van der Waals surface area contributed by atoms with Crippen molar-refractivity contribution in [2.24, 2.45) is 0 Å². The maximum absolute atomic E-state index is 11.8. The molecule has 0 aromatic heterocycles. The molecule has 0 saturated carbocycles. The van der Waals surface area contributed by atoms with Crippen molar-refractivity contribution < 1.29 is 14.7 Å². The number of hydrogen-bond donors (Lipinski definition) is 2. The molecule has 7 nitrogen and oxygen atoms in total. The Hall–Kier alpha value is -1.65. The Labute approximate surface area is 106 Å². The highest BCUT2D eigenvalue weighted by Gasteiger charge is 2.23. The standard InChI is InChI=1S/C11H18N4O3/c12-2-3-13-10(17)11(18)15-5-1-4-14(6-7-15)8-9-16/h16H,1,3-9H2,(H,13,17). The average molecular weight is 254 g/mol. The first-order valence-corrected chi connectivity index (χ1v) is 5.96. The molecule has 0 aliphatic carbocycles. The van der Waals surface area contributed by atoms with E-state index in [4.69, 9.17) is 10.4 Å². The number of amides is 2. The summed E-state index contributed by atoms with van der Waals surface area (Å²) < 4.78 is 0. The lowest BCUT2D eigenvalue weighted by molar-refractivity contribution is -0.145. The van der Waals surface area contributed by atoms with E-state index >= 15 is 0 Å². The molecule has 0 atom stereocenters. The fourth-order valence-corrected chi connectivity index (χ4v) is 1.88. The number of carbonyl (C=O) groups excluding carboxylic acids is 2. The molecule has 18 heavy (non-hydrogen) atoms. The fourth-order valence-electron chi connectivity index (χ4n) is 1.88. The molecule has 1 saturated heterocycles. The smallest absolute Gasteiger partial charge is 0.311 e. The highest BCUT2D eigenvalue weighted by atomic mass is 16.3. The number of aliphatic hydroxyl groups is 1. The van der Waals surface area contributed by atoms with Crippen LogP contribution in [0, 0.1) is 11.3 Å². The minimum Gasteiger partial charge on any atom is -0.395 e. The van der Waals surface area contributed by atoms with E-state index in [1.807, 2.05) is 0 Å². The Morgan fingerprint density at radius 3 is 2.72 bits per heavy atom. The van der Waals surface area contributed by atoms with Gasteiger partial charge in [0.05, 0.1) is 12.7 Å². The van der Waals surface area contributed by atoms with Crippen molar-refractivity contribution in [2.45, 2.75) is 6.42 Å². The van der Waals surface area contributed by atoms with E-state index in [2.05, 4.69) is 10.2 Å². The second-order valence-electron chi connectivity index (χ2n) is 4.05. The van der Waals surface area contributed by atoms with Crippen LogP contribution in [0.1, 0.15) is 6.42 Å². The predicted octanol–water partition coefficient (Wildman–Crippen LogP) is -1.85. The molecule has 1 rings (SSSR count). The van der Waals surface area contributed by atoms with Crippen molar-refractivity contribution >= 4 is 11.8 Å². The molecule has 1 heterocycles. The normalized spacial score (nSPS) is 16.8. The van der Waals surface area contributed by atoms with Crippen LogP contribution in [0.2, 0.25) is 0 Å². The van der Waals surface area contributed by atoms with Crippen LogP contribution in [0.25, 0.3) is 0 Å². The van der Waals surface area contributed by atoms with Gasteiger partial charge in [0, 0.05) is 26.2 Å². The number of nitrogens with one attached hydrogen (secondary N) is 1. The summed E-state index contributed by atoms with van der Waals surface area (Å²) in [6.07, 6.45) is 0.775.